The molecular formula is C24H27BrN4O2. The molecule has 3 aromatic rings. The van der Waals surface area contributed by atoms with Gasteiger partial charge in [0.25, 0.3) is 5.56 Å². The van der Waals surface area contributed by atoms with Crippen LogP contribution in [0.2, 0.25) is 0 Å². The molecule has 2 aromatic heterocycles. The third-order valence-corrected chi connectivity index (χ3v) is 5.95. The van der Waals surface area contributed by atoms with Crippen molar-refractivity contribution < 1.29 is 4.74 Å². The maximum Gasteiger partial charge on any atom is 0.264 e. The van der Waals surface area contributed by atoms with Gasteiger partial charge in [-0.2, -0.15) is 0 Å². The highest BCUT2D eigenvalue weighted by Gasteiger charge is 2.31. The van der Waals surface area contributed by atoms with Crippen molar-refractivity contribution in [1.82, 2.24) is 19.5 Å². The fraction of sp³-hybridized carbons (Fsp3) is 0.417. The Kier molecular flexibility index (Phi) is 6.80. The SMILES string of the molecule is CCCCc1nc(C2CC2)n(-c2ncc(OCC)cn2)c(=O)c1Cc1ccc(Br)cc1. The summed E-state index contributed by atoms with van der Waals surface area (Å²) >= 11 is 3.48. The van der Waals surface area contributed by atoms with Crippen molar-refractivity contribution in [1.29, 1.82) is 0 Å². The van der Waals surface area contributed by atoms with Gasteiger partial charge in [0.15, 0.2) is 5.75 Å². The maximum absolute atomic E-state index is 13.8. The smallest absolute Gasteiger partial charge is 0.264 e. The molecule has 2 heterocycles. The standard InChI is InChI=1S/C24H27BrN4O2/c1-3-5-6-21-20(13-16-7-11-18(25)12-8-16)23(30)29(22(28-21)17-9-10-17)24-26-14-19(15-27-24)31-4-2/h7-8,11-12,14-15,17H,3-6,9-10,13H2,1-2H3. The molecule has 0 radical (unpaired) electrons. The van der Waals surface area contributed by atoms with Gasteiger partial charge in [-0.1, -0.05) is 41.4 Å². The molecule has 0 atom stereocenters. The third kappa shape index (κ3) is 5.03. The number of benzene rings is 1. The molecule has 1 aromatic carbocycles. The molecule has 0 N–H and O–H groups in total. The number of unbranched alkanes of at least 4 members (excludes halogenated alkanes) is 1. The van der Waals surface area contributed by atoms with Gasteiger partial charge in [-0.25, -0.2) is 19.5 Å². The molecule has 4 rings (SSSR count). The van der Waals surface area contributed by atoms with E-state index in [1.807, 2.05) is 31.2 Å². The molecule has 1 aliphatic carbocycles. The Morgan fingerprint density at radius 2 is 1.84 bits per heavy atom. The lowest BCUT2D eigenvalue weighted by molar-refractivity contribution is 0.337. The van der Waals surface area contributed by atoms with Gasteiger partial charge < -0.3 is 4.74 Å². The van der Waals surface area contributed by atoms with Crippen LogP contribution in [0.15, 0.2) is 45.9 Å². The first-order chi connectivity index (χ1) is 15.1. The zero-order chi connectivity index (χ0) is 21.8. The summed E-state index contributed by atoms with van der Waals surface area (Å²) in [7, 11) is 0. The fourth-order valence-corrected chi connectivity index (χ4v) is 3.89. The lowest BCUT2D eigenvalue weighted by Crippen LogP contribution is -2.30. The van der Waals surface area contributed by atoms with E-state index in [1.54, 1.807) is 17.0 Å². The van der Waals surface area contributed by atoms with Crippen LogP contribution < -0.4 is 10.3 Å². The summed E-state index contributed by atoms with van der Waals surface area (Å²) in [5, 5.41) is 0. The number of hydrogen-bond acceptors (Lipinski definition) is 5. The summed E-state index contributed by atoms with van der Waals surface area (Å²) in [6.07, 6.45) is 8.74. The molecular weight excluding hydrogens is 456 g/mol. The summed E-state index contributed by atoms with van der Waals surface area (Å²) < 4.78 is 8.10. The summed E-state index contributed by atoms with van der Waals surface area (Å²) in [5.74, 6) is 2.04. The summed E-state index contributed by atoms with van der Waals surface area (Å²) in [6, 6.07) is 8.08. The normalized spacial score (nSPS) is 13.4. The topological polar surface area (TPSA) is 69.9 Å². The predicted molar refractivity (Wildman–Crippen MR) is 124 cm³/mol. The number of aromatic nitrogens is 4. The minimum absolute atomic E-state index is 0.0601. The zero-order valence-corrected chi connectivity index (χ0v) is 19.6. The van der Waals surface area contributed by atoms with Crippen LogP contribution in [0.1, 0.15) is 68.1 Å². The van der Waals surface area contributed by atoms with Crippen LogP contribution in [0.25, 0.3) is 5.95 Å². The van der Waals surface area contributed by atoms with Gasteiger partial charge in [0, 0.05) is 22.4 Å². The quantitative estimate of drug-likeness (QED) is 0.429. The number of aryl methyl sites for hydroxylation is 1. The molecule has 0 bridgehead atoms. The van der Waals surface area contributed by atoms with Gasteiger partial charge in [0.05, 0.1) is 24.7 Å². The first-order valence-electron chi connectivity index (χ1n) is 10.9. The second-order valence-electron chi connectivity index (χ2n) is 7.87. The van der Waals surface area contributed by atoms with Crippen LogP contribution in [0, 0.1) is 0 Å². The highest BCUT2D eigenvalue weighted by molar-refractivity contribution is 9.10. The van der Waals surface area contributed by atoms with E-state index in [4.69, 9.17) is 9.72 Å². The third-order valence-electron chi connectivity index (χ3n) is 5.42. The molecule has 0 saturated heterocycles. The van der Waals surface area contributed by atoms with Gasteiger partial charge in [0.1, 0.15) is 5.82 Å². The lowest BCUT2D eigenvalue weighted by atomic mass is 10.0. The monoisotopic (exact) mass is 482 g/mol. The number of hydrogen-bond donors (Lipinski definition) is 0. The van der Waals surface area contributed by atoms with E-state index in [1.165, 1.54) is 0 Å². The predicted octanol–water partition coefficient (Wildman–Crippen LogP) is 4.99. The average Bonchev–Trinajstić information content (AvgIpc) is 3.62. The molecule has 1 fully saturated rings. The van der Waals surface area contributed by atoms with Crippen molar-refractivity contribution in [2.45, 2.75) is 58.3 Å². The number of nitrogens with zero attached hydrogens (tertiary/aromatic N) is 4. The van der Waals surface area contributed by atoms with Crippen LogP contribution in [0.3, 0.4) is 0 Å². The van der Waals surface area contributed by atoms with Crippen LogP contribution in [0.4, 0.5) is 0 Å². The maximum atomic E-state index is 13.8. The van der Waals surface area contributed by atoms with E-state index in [9.17, 15) is 4.79 Å². The van der Waals surface area contributed by atoms with E-state index in [0.717, 1.165) is 59.2 Å². The van der Waals surface area contributed by atoms with Crippen molar-refractivity contribution in [3.63, 3.8) is 0 Å². The van der Waals surface area contributed by atoms with Crippen molar-refractivity contribution in [2.75, 3.05) is 6.61 Å². The van der Waals surface area contributed by atoms with Crippen molar-refractivity contribution in [3.05, 3.63) is 74.1 Å². The molecule has 0 aliphatic heterocycles. The van der Waals surface area contributed by atoms with E-state index in [2.05, 4.69) is 32.8 Å². The summed E-state index contributed by atoms with van der Waals surface area (Å²) in [4.78, 5) is 27.7. The first kappa shape index (κ1) is 21.7. The number of halogens is 1. The second kappa shape index (κ2) is 9.73. The summed E-state index contributed by atoms with van der Waals surface area (Å²) in [6.45, 7) is 4.61. The Bertz CT molecular complexity index is 1090. The average molecular weight is 483 g/mol. The molecule has 6 nitrogen and oxygen atoms in total. The first-order valence-corrected chi connectivity index (χ1v) is 11.7. The Morgan fingerprint density at radius 3 is 2.45 bits per heavy atom. The molecule has 0 unspecified atom stereocenters. The highest BCUT2D eigenvalue weighted by Crippen LogP contribution is 2.39. The van der Waals surface area contributed by atoms with Gasteiger partial charge in [-0.15, -0.1) is 0 Å². The second-order valence-corrected chi connectivity index (χ2v) is 8.78. The molecule has 1 saturated carbocycles. The van der Waals surface area contributed by atoms with E-state index in [0.29, 0.717) is 30.6 Å². The van der Waals surface area contributed by atoms with Crippen LogP contribution >= 0.6 is 15.9 Å². The Balaban J connectivity index is 1.82. The molecule has 7 heteroatoms. The molecule has 0 amide bonds. The van der Waals surface area contributed by atoms with E-state index >= 15 is 0 Å². The fourth-order valence-electron chi connectivity index (χ4n) is 3.63. The molecule has 1 aliphatic rings. The highest BCUT2D eigenvalue weighted by atomic mass is 79.9. The van der Waals surface area contributed by atoms with Gasteiger partial charge >= 0.3 is 0 Å². The van der Waals surface area contributed by atoms with Crippen molar-refractivity contribution >= 4 is 15.9 Å². The Hall–Kier alpha value is -2.54. The number of ether oxygens (including phenoxy) is 1. The minimum atomic E-state index is -0.0601. The largest absolute Gasteiger partial charge is 0.491 e. The van der Waals surface area contributed by atoms with Crippen molar-refractivity contribution in [3.8, 4) is 11.7 Å². The van der Waals surface area contributed by atoms with Crippen LogP contribution in [-0.4, -0.2) is 26.1 Å². The summed E-state index contributed by atoms with van der Waals surface area (Å²) in [5.41, 5.74) is 2.67. The Labute approximate surface area is 190 Å². The lowest BCUT2D eigenvalue weighted by Gasteiger charge is -2.16. The van der Waals surface area contributed by atoms with Crippen LogP contribution in [-0.2, 0) is 12.8 Å². The van der Waals surface area contributed by atoms with Gasteiger partial charge in [-0.05, 0) is 50.3 Å². The van der Waals surface area contributed by atoms with Gasteiger partial charge in [-0.3, -0.25) is 4.79 Å². The molecule has 0 spiro atoms. The van der Waals surface area contributed by atoms with Crippen molar-refractivity contribution in [2.24, 2.45) is 0 Å². The molecule has 162 valence electrons. The van der Waals surface area contributed by atoms with Gasteiger partial charge in [0.2, 0.25) is 5.95 Å². The molecule has 31 heavy (non-hydrogen) atoms. The zero-order valence-electron chi connectivity index (χ0n) is 18.0. The minimum Gasteiger partial charge on any atom is -0.491 e. The Morgan fingerprint density at radius 1 is 1.13 bits per heavy atom. The van der Waals surface area contributed by atoms with E-state index in [-0.39, 0.29) is 5.56 Å². The van der Waals surface area contributed by atoms with E-state index < -0.39 is 0 Å². The van der Waals surface area contributed by atoms with Crippen LogP contribution in [0.5, 0.6) is 5.75 Å². The number of rotatable bonds is 9.